The molecule has 154 valence electrons. The van der Waals surface area contributed by atoms with Crippen molar-refractivity contribution in [3.8, 4) is 0 Å². The number of hydrogen-bond donors (Lipinski definition) is 0. The Morgan fingerprint density at radius 2 is 1.29 bits per heavy atom. The third-order valence-electron chi connectivity index (χ3n) is 5.02. The van der Waals surface area contributed by atoms with E-state index < -0.39 is 0 Å². The van der Waals surface area contributed by atoms with Crippen LogP contribution in [-0.4, -0.2) is 17.6 Å². The van der Waals surface area contributed by atoms with E-state index in [1.807, 2.05) is 12.1 Å². The van der Waals surface area contributed by atoms with E-state index in [1.165, 1.54) is 14.7 Å². The van der Waals surface area contributed by atoms with Crippen LogP contribution >= 0.6 is 0 Å². The number of esters is 1. The van der Waals surface area contributed by atoms with Gasteiger partial charge in [-0.15, -0.1) is 0 Å². The van der Waals surface area contributed by atoms with E-state index in [2.05, 4.69) is 84.7 Å². The molecular weight excluding hydrogens is 402 g/mol. The normalized spacial score (nSPS) is 11.8. The van der Waals surface area contributed by atoms with E-state index in [1.54, 1.807) is 24.5 Å². The number of pyridine rings is 1. The maximum atomic E-state index is 12.2. The minimum atomic E-state index is -0.319. The number of carbonyl (C=O) groups excluding carboxylic acids is 1. The van der Waals surface area contributed by atoms with Crippen LogP contribution in [0.5, 0.6) is 0 Å². The summed E-state index contributed by atoms with van der Waals surface area (Å²) in [6.07, 6.45) is 3.19. The highest BCUT2D eigenvalue weighted by Gasteiger charge is 2.28. The zero-order valence-electron chi connectivity index (χ0n) is 17.3. The van der Waals surface area contributed by atoms with Gasteiger partial charge in [0.25, 0.3) is 0 Å². The Labute approximate surface area is 186 Å². The van der Waals surface area contributed by atoms with Crippen LogP contribution in [0.4, 0.5) is 0 Å². The molecule has 3 nitrogen and oxygen atoms in total. The molecule has 1 unspecified atom stereocenters. The Bertz CT molecular complexity index is 1060. The van der Waals surface area contributed by atoms with E-state index in [4.69, 9.17) is 4.74 Å². The van der Waals surface area contributed by atoms with Gasteiger partial charge in [-0.3, -0.25) is 4.98 Å². The van der Waals surface area contributed by atoms with Crippen molar-refractivity contribution in [2.45, 2.75) is 27.5 Å². The highest BCUT2D eigenvalue weighted by atomic mass is 32.2. The third-order valence-corrected chi connectivity index (χ3v) is 7.25. The second-order valence-electron chi connectivity index (χ2n) is 7.24. The molecule has 0 aliphatic carbocycles. The number of ether oxygens (including phenoxy) is 1. The van der Waals surface area contributed by atoms with E-state index in [0.717, 1.165) is 5.56 Å². The highest BCUT2D eigenvalue weighted by molar-refractivity contribution is 7.97. The summed E-state index contributed by atoms with van der Waals surface area (Å²) in [6.45, 7) is 2.41. The van der Waals surface area contributed by atoms with Gasteiger partial charge in [0.05, 0.1) is 23.1 Å². The number of carbonyl (C=O) groups is 1. The number of benzene rings is 3. The van der Waals surface area contributed by atoms with E-state index in [0.29, 0.717) is 12.2 Å². The largest absolute Gasteiger partial charge is 0.461 e. The zero-order chi connectivity index (χ0) is 21.5. The Morgan fingerprint density at radius 1 is 0.774 bits per heavy atom. The number of rotatable bonds is 7. The molecule has 31 heavy (non-hydrogen) atoms. The predicted molar refractivity (Wildman–Crippen MR) is 124 cm³/mol. The van der Waals surface area contributed by atoms with Crippen molar-refractivity contribution >= 4 is 16.9 Å². The first-order chi connectivity index (χ1) is 15.2. The van der Waals surface area contributed by atoms with Crippen molar-refractivity contribution in [3.05, 3.63) is 121 Å². The lowest BCUT2D eigenvalue weighted by Crippen LogP contribution is -2.11. The topological polar surface area (TPSA) is 39.2 Å². The molecule has 1 aromatic heterocycles. The number of hydrogen-bond acceptors (Lipinski definition) is 3. The molecule has 4 rings (SSSR count). The van der Waals surface area contributed by atoms with Gasteiger partial charge in [0.1, 0.15) is 0 Å². The van der Waals surface area contributed by atoms with Crippen LogP contribution in [0.25, 0.3) is 0 Å². The first-order valence-electron chi connectivity index (χ1n) is 10.2. The summed E-state index contributed by atoms with van der Waals surface area (Å²) in [4.78, 5) is 20.0. The van der Waals surface area contributed by atoms with Crippen LogP contribution in [-0.2, 0) is 15.6 Å². The molecule has 0 aliphatic heterocycles. The molecule has 0 amide bonds. The summed E-state index contributed by atoms with van der Waals surface area (Å²) in [5, 5.41) is 0. The standard InChI is InChI=1S/C27H24NO2S/c1-21(20-30-27(29)23-16-18-28-19-17-23)22-12-14-26(15-13-22)31(24-8-4-2-5-9-24)25-10-6-3-7-11-25/h2-19,21H,20H2,1H3/q+1. The van der Waals surface area contributed by atoms with Crippen LogP contribution in [0.2, 0.25) is 0 Å². The summed E-state index contributed by atoms with van der Waals surface area (Å²) in [6, 6.07) is 33.2. The first kappa shape index (κ1) is 20.9. The van der Waals surface area contributed by atoms with Gasteiger partial charge in [-0.2, -0.15) is 0 Å². The lowest BCUT2D eigenvalue weighted by Gasteiger charge is -2.13. The highest BCUT2D eigenvalue weighted by Crippen LogP contribution is 2.31. The average Bonchev–Trinajstić information content (AvgIpc) is 2.85. The van der Waals surface area contributed by atoms with E-state index in [-0.39, 0.29) is 22.8 Å². The van der Waals surface area contributed by atoms with Crippen LogP contribution in [0, 0.1) is 0 Å². The summed E-state index contributed by atoms with van der Waals surface area (Å²) < 4.78 is 5.50. The molecule has 0 aliphatic rings. The molecule has 0 spiro atoms. The van der Waals surface area contributed by atoms with Crippen LogP contribution in [0.3, 0.4) is 0 Å². The smallest absolute Gasteiger partial charge is 0.338 e. The van der Waals surface area contributed by atoms with Crippen molar-refractivity contribution in [2.75, 3.05) is 6.61 Å². The van der Waals surface area contributed by atoms with Gasteiger partial charge >= 0.3 is 5.97 Å². The van der Waals surface area contributed by atoms with Gasteiger partial charge in [-0.1, -0.05) is 55.5 Å². The molecule has 0 fully saturated rings. The van der Waals surface area contributed by atoms with Gasteiger partial charge in [-0.05, 0) is 54.1 Å². The fourth-order valence-corrected chi connectivity index (χ4v) is 5.41. The average molecular weight is 427 g/mol. The lowest BCUT2D eigenvalue weighted by atomic mass is 10.0. The summed E-state index contributed by atoms with van der Waals surface area (Å²) in [5.74, 6) is -0.212. The van der Waals surface area contributed by atoms with Gasteiger partial charge in [0.2, 0.25) is 0 Å². The second-order valence-corrected chi connectivity index (χ2v) is 9.26. The Morgan fingerprint density at radius 3 is 1.84 bits per heavy atom. The minimum absolute atomic E-state index is 0.107. The third kappa shape index (κ3) is 5.22. The summed E-state index contributed by atoms with van der Waals surface area (Å²) in [5.41, 5.74) is 1.67. The monoisotopic (exact) mass is 426 g/mol. The van der Waals surface area contributed by atoms with Gasteiger partial charge in [-0.25, -0.2) is 4.79 Å². The van der Waals surface area contributed by atoms with E-state index >= 15 is 0 Å². The molecule has 0 bridgehead atoms. The lowest BCUT2D eigenvalue weighted by molar-refractivity contribution is 0.0485. The molecule has 0 saturated carbocycles. The molecule has 4 aromatic rings. The quantitative estimate of drug-likeness (QED) is 0.263. The summed E-state index contributed by atoms with van der Waals surface area (Å²) in [7, 11) is -0.163. The van der Waals surface area contributed by atoms with Crippen molar-refractivity contribution in [3.63, 3.8) is 0 Å². The minimum Gasteiger partial charge on any atom is -0.461 e. The molecule has 1 atom stereocenters. The van der Waals surface area contributed by atoms with Crippen molar-refractivity contribution < 1.29 is 9.53 Å². The first-order valence-corrected chi connectivity index (χ1v) is 11.5. The zero-order valence-corrected chi connectivity index (χ0v) is 18.2. The Hall–Kier alpha value is -3.37. The molecule has 0 N–H and O–H groups in total. The van der Waals surface area contributed by atoms with Crippen LogP contribution < -0.4 is 0 Å². The fraction of sp³-hybridized carbons (Fsp3) is 0.111. The van der Waals surface area contributed by atoms with Gasteiger partial charge < -0.3 is 4.74 Å². The second kappa shape index (κ2) is 10.1. The molecule has 3 aromatic carbocycles. The van der Waals surface area contributed by atoms with Gasteiger partial charge in [0.15, 0.2) is 14.7 Å². The maximum Gasteiger partial charge on any atom is 0.338 e. The van der Waals surface area contributed by atoms with Crippen molar-refractivity contribution in [1.29, 1.82) is 0 Å². The molecular formula is C27H24NO2S+. The van der Waals surface area contributed by atoms with Crippen LogP contribution in [0.1, 0.15) is 28.8 Å². The Kier molecular flexibility index (Phi) is 6.80. The maximum absolute atomic E-state index is 12.2. The van der Waals surface area contributed by atoms with Gasteiger partial charge in [0, 0.05) is 18.3 Å². The number of nitrogens with zero attached hydrogens (tertiary/aromatic N) is 1. The fourth-order valence-electron chi connectivity index (χ4n) is 3.32. The van der Waals surface area contributed by atoms with Crippen LogP contribution in [0.15, 0.2) is 124 Å². The van der Waals surface area contributed by atoms with Crippen molar-refractivity contribution in [2.24, 2.45) is 0 Å². The van der Waals surface area contributed by atoms with Crippen molar-refractivity contribution in [1.82, 2.24) is 4.98 Å². The SMILES string of the molecule is CC(COC(=O)c1ccncc1)c1ccc([S+](c2ccccc2)c2ccccc2)cc1. The van der Waals surface area contributed by atoms with E-state index in [9.17, 15) is 4.79 Å². The molecule has 0 saturated heterocycles. The Balaban J connectivity index is 1.50. The predicted octanol–water partition coefficient (Wildman–Crippen LogP) is 6.14. The molecule has 0 radical (unpaired) electrons. The summed E-state index contributed by atoms with van der Waals surface area (Å²) >= 11 is 0. The number of aromatic nitrogens is 1. The molecule has 1 heterocycles. The molecule has 4 heteroatoms.